The molecule has 1 saturated heterocycles. The van der Waals surface area contributed by atoms with Gasteiger partial charge in [-0.3, -0.25) is 14.4 Å². The summed E-state index contributed by atoms with van der Waals surface area (Å²) in [6, 6.07) is 18.4. The Hall–Kier alpha value is -5.39. The summed E-state index contributed by atoms with van der Waals surface area (Å²) in [5, 5.41) is 18.2. The molecule has 4 N–H and O–H groups in total. The van der Waals surface area contributed by atoms with Crippen molar-refractivity contribution in [2.24, 2.45) is 5.92 Å². The number of rotatable bonds is 13. The van der Waals surface area contributed by atoms with Gasteiger partial charge in [-0.2, -0.15) is 0 Å². The second-order valence-corrected chi connectivity index (χ2v) is 13.8. The standard InChI is InChI=1S/C39H47N5O7/c1-25(2)21-33(35(47)41-32(23-34(45)46)28-12-10-13-30(22-28)51-4)44-36(48)39(19-8-5-9-20-39)43(38(44)50)24-27-15-17-29(18-16-27)40-37(49)42-31-14-7-6-11-26(31)3/h6-7,10-18,22,25,32-33H,5,8-9,19-21,23-24H2,1-4H3,(H,41,47)(H,45,46)(H2,40,42,49)/t32-,33-/m0/s1. The number of hydrogen-bond acceptors (Lipinski definition) is 6. The number of methoxy groups -OCH3 is 1. The molecule has 2 atom stereocenters. The highest BCUT2D eigenvalue weighted by Crippen LogP contribution is 2.43. The Morgan fingerprint density at radius 1 is 0.922 bits per heavy atom. The highest BCUT2D eigenvalue weighted by Gasteiger charge is 2.59. The number of carbonyl (C=O) groups is 5. The van der Waals surface area contributed by atoms with Gasteiger partial charge in [0.2, 0.25) is 5.91 Å². The van der Waals surface area contributed by atoms with Gasteiger partial charge < -0.3 is 30.7 Å². The molecule has 12 nitrogen and oxygen atoms in total. The monoisotopic (exact) mass is 697 g/mol. The number of aliphatic carboxylic acids is 1. The quantitative estimate of drug-likeness (QED) is 0.142. The predicted octanol–water partition coefficient (Wildman–Crippen LogP) is 6.86. The average Bonchev–Trinajstić information content (AvgIpc) is 3.29. The van der Waals surface area contributed by atoms with E-state index in [0.717, 1.165) is 35.3 Å². The molecule has 2 fully saturated rings. The summed E-state index contributed by atoms with van der Waals surface area (Å²) in [7, 11) is 1.50. The molecule has 270 valence electrons. The number of amides is 6. The minimum atomic E-state index is -1.14. The number of carboxylic acid groups (broad SMARTS) is 1. The van der Waals surface area contributed by atoms with Gasteiger partial charge in [0, 0.05) is 17.9 Å². The van der Waals surface area contributed by atoms with Crippen molar-refractivity contribution in [2.45, 2.75) is 89.9 Å². The summed E-state index contributed by atoms with van der Waals surface area (Å²) in [5.41, 5.74) is 2.39. The fourth-order valence-corrected chi connectivity index (χ4v) is 7.06. The number of anilines is 2. The van der Waals surface area contributed by atoms with Crippen molar-refractivity contribution in [3.05, 3.63) is 89.5 Å². The van der Waals surface area contributed by atoms with Gasteiger partial charge >= 0.3 is 18.0 Å². The number of urea groups is 2. The SMILES string of the molecule is COc1cccc([C@H](CC(=O)O)NC(=O)[C@H](CC(C)C)N2C(=O)N(Cc3ccc(NC(=O)Nc4ccccc4C)cc3)C3(CCCCC3)C2=O)c1. The first-order chi connectivity index (χ1) is 24.4. The summed E-state index contributed by atoms with van der Waals surface area (Å²) in [4.78, 5) is 70.3. The molecule has 3 aromatic carbocycles. The molecule has 2 aliphatic rings. The van der Waals surface area contributed by atoms with E-state index in [9.17, 15) is 29.1 Å². The molecule has 1 aliphatic heterocycles. The second kappa shape index (κ2) is 16.1. The molecule has 0 bridgehead atoms. The topological polar surface area (TPSA) is 157 Å². The molecule has 1 saturated carbocycles. The van der Waals surface area contributed by atoms with Crippen LogP contribution in [0.1, 0.15) is 81.5 Å². The number of aryl methyl sites for hydroxylation is 1. The molecule has 1 aliphatic carbocycles. The lowest BCUT2D eigenvalue weighted by atomic mass is 9.80. The zero-order valence-corrected chi connectivity index (χ0v) is 29.6. The van der Waals surface area contributed by atoms with Crippen LogP contribution in [-0.2, 0) is 20.9 Å². The van der Waals surface area contributed by atoms with Crippen LogP contribution in [0.3, 0.4) is 0 Å². The van der Waals surface area contributed by atoms with Crippen molar-refractivity contribution in [3.63, 3.8) is 0 Å². The first-order valence-corrected chi connectivity index (χ1v) is 17.5. The van der Waals surface area contributed by atoms with Crippen molar-refractivity contribution in [2.75, 3.05) is 17.7 Å². The van der Waals surface area contributed by atoms with Crippen molar-refractivity contribution >= 4 is 41.2 Å². The lowest BCUT2D eigenvalue weighted by molar-refractivity contribution is -0.142. The lowest BCUT2D eigenvalue weighted by Gasteiger charge is -2.38. The van der Waals surface area contributed by atoms with Gasteiger partial charge in [-0.05, 0) is 79.1 Å². The molecule has 12 heteroatoms. The van der Waals surface area contributed by atoms with Crippen molar-refractivity contribution in [3.8, 4) is 5.75 Å². The summed E-state index contributed by atoms with van der Waals surface area (Å²) >= 11 is 0. The predicted molar refractivity (Wildman–Crippen MR) is 193 cm³/mol. The normalized spacial score (nSPS) is 16.6. The van der Waals surface area contributed by atoms with E-state index in [1.807, 2.05) is 57.2 Å². The van der Waals surface area contributed by atoms with Gasteiger partial charge in [-0.25, -0.2) is 14.5 Å². The molecule has 0 aromatic heterocycles. The van der Waals surface area contributed by atoms with E-state index in [0.29, 0.717) is 35.5 Å². The molecule has 51 heavy (non-hydrogen) atoms. The summed E-state index contributed by atoms with van der Waals surface area (Å²) < 4.78 is 5.31. The number of carbonyl (C=O) groups excluding carboxylic acids is 4. The third-order valence-corrected chi connectivity index (χ3v) is 9.70. The highest BCUT2D eigenvalue weighted by atomic mass is 16.5. The maximum absolute atomic E-state index is 14.5. The van der Waals surface area contributed by atoms with Crippen molar-refractivity contribution in [1.82, 2.24) is 15.1 Å². The maximum atomic E-state index is 14.5. The molecule has 6 amide bonds. The van der Waals surface area contributed by atoms with E-state index < -0.39 is 47.9 Å². The zero-order chi connectivity index (χ0) is 36.7. The van der Waals surface area contributed by atoms with Crippen LogP contribution in [0.25, 0.3) is 0 Å². The van der Waals surface area contributed by atoms with Crippen molar-refractivity contribution < 1.29 is 33.8 Å². The number of nitrogens with one attached hydrogen (secondary N) is 3. The number of hydrogen-bond donors (Lipinski definition) is 4. The Balaban J connectivity index is 1.38. The number of nitrogens with zero attached hydrogens (tertiary/aromatic N) is 2. The molecule has 0 unspecified atom stereocenters. The zero-order valence-electron chi connectivity index (χ0n) is 29.6. The Kier molecular flexibility index (Phi) is 11.6. The van der Waals surface area contributed by atoms with Crippen LogP contribution >= 0.6 is 0 Å². The van der Waals surface area contributed by atoms with Gasteiger partial charge in [0.15, 0.2) is 0 Å². The van der Waals surface area contributed by atoms with Crippen LogP contribution in [0.15, 0.2) is 72.8 Å². The fourth-order valence-electron chi connectivity index (χ4n) is 7.06. The van der Waals surface area contributed by atoms with Gasteiger partial charge in [-0.1, -0.05) is 75.6 Å². The first kappa shape index (κ1) is 36.9. The second-order valence-electron chi connectivity index (χ2n) is 13.8. The van der Waals surface area contributed by atoms with Gasteiger partial charge in [-0.15, -0.1) is 0 Å². The lowest BCUT2D eigenvalue weighted by Crippen LogP contribution is -2.53. The number of imide groups is 1. The van der Waals surface area contributed by atoms with Crippen molar-refractivity contribution in [1.29, 1.82) is 0 Å². The molecular weight excluding hydrogens is 650 g/mol. The number of benzene rings is 3. The third-order valence-electron chi connectivity index (χ3n) is 9.70. The number of ether oxygens (including phenoxy) is 1. The molecule has 3 aromatic rings. The maximum Gasteiger partial charge on any atom is 0.328 e. The minimum absolute atomic E-state index is 0.0597. The number of para-hydroxylation sites is 1. The largest absolute Gasteiger partial charge is 0.497 e. The Morgan fingerprint density at radius 2 is 1.63 bits per heavy atom. The smallest absolute Gasteiger partial charge is 0.328 e. The van der Waals surface area contributed by atoms with Crippen LogP contribution in [0.4, 0.5) is 21.0 Å². The van der Waals surface area contributed by atoms with Crippen LogP contribution in [0.2, 0.25) is 0 Å². The molecule has 1 heterocycles. The Bertz CT molecular complexity index is 1750. The van der Waals surface area contributed by atoms with E-state index >= 15 is 0 Å². The van der Waals surface area contributed by atoms with E-state index in [1.54, 1.807) is 41.3 Å². The number of carboxylic acids is 1. The van der Waals surface area contributed by atoms with E-state index in [4.69, 9.17) is 4.74 Å². The Morgan fingerprint density at radius 3 is 2.27 bits per heavy atom. The molecule has 5 rings (SSSR count). The van der Waals surface area contributed by atoms with Gasteiger partial charge in [0.05, 0.1) is 19.6 Å². The molecular formula is C39H47N5O7. The first-order valence-electron chi connectivity index (χ1n) is 17.5. The van der Waals surface area contributed by atoms with Crippen LogP contribution in [0.5, 0.6) is 5.75 Å². The van der Waals surface area contributed by atoms with Crippen LogP contribution < -0.4 is 20.7 Å². The van der Waals surface area contributed by atoms with Gasteiger partial charge in [0.1, 0.15) is 17.3 Å². The highest BCUT2D eigenvalue weighted by molar-refractivity contribution is 6.10. The summed E-state index contributed by atoms with van der Waals surface area (Å²) in [5.74, 6) is -1.65. The molecule has 1 spiro atoms. The molecule has 0 radical (unpaired) electrons. The van der Waals surface area contributed by atoms with E-state index in [1.165, 1.54) is 7.11 Å². The van der Waals surface area contributed by atoms with Crippen LogP contribution in [0, 0.1) is 12.8 Å². The Labute approximate surface area is 298 Å². The minimum Gasteiger partial charge on any atom is -0.497 e. The fraction of sp³-hybridized carbons (Fsp3) is 0.410. The summed E-state index contributed by atoms with van der Waals surface area (Å²) in [6.45, 7) is 5.86. The van der Waals surface area contributed by atoms with E-state index in [2.05, 4.69) is 16.0 Å². The summed E-state index contributed by atoms with van der Waals surface area (Å²) in [6.07, 6.45) is 3.23. The average molecular weight is 698 g/mol. The van der Waals surface area contributed by atoms with Crippen LogP contribution in [-0.4, -0.2) is 63.4 Å². The third kappa shape index (κ3) is 8.50. The van der Waals surface area contributed by atoms with Gasteiger partial charge in [0.25, 0.3) is 5.91 Å². The van der Waals surface area contributed by atoms with E-state index in [-0.39, 0.29) is 24.9 Å².